The molecule has 3 atom stereocenters. The summed E-state index contributed by atoms with van der Waals surface area (Å²) in [6, 6.07) is 22.7. The second kappa shape index (κ2) is 20.5. The molecule has 1 unspecified atom stereocenters. The van der Waals surface area contributed by atoms with Crippen LogP contribution in [0.3, 0.4) is 0 Å². The van der Waals surface area contributed by atoms with Crippen LogP contribution >= 0.6 is 23.6 Å². The highest BCUT2D eigenvalue weighted by molar-refractivity contribution is 7.81. The number of amides is 4. The van der Waals surface area contributed by atoms with Crippen molar-refractivity contribution in [3.63, 3.8) is 0 Å². The first-order valence-electron chi connectivity index (χ1n) is 23.1. The highest BCUT2D eigenvalue weighted by atomic mass is 32.1. The molecule has 0 saturated carbocycles. The number of likely N-dealkylation sites (tertiary alicyclic amines) is 1. The number of aliphatic hydroxyl groups excluding tert-OH is 1. The summed E-state index contributed by atoms with van der Waals surface area (Å²) < 4.78 is 53.8. The lowest BCUT2D eigenvalue weighted by molar-refractivity contribution is -0.143. The maximum atomic E-state index is 14.3. The van der Waals surface area contributed by atoms with Crippen LogP contribution in [0.15, 0.2) is 90.4 Å². The third kappa shape index (κ3) is 10.2. The third-order valence-electron chi connectivity index (χ3n) is 13.0. The molecule has 8 rings (SSSR count). The Hall–Kier alpha value is -6.88. The molecule has 19 heteroatoms. The highest BCUT2D eigenvalue weighted by Gasteiger charge is 2.51. The molecule has 370 valence electrons. The number of thiazole rings is 1. The zero-order valence-corrected chi connectivity index (χ0v) is 41.3. The Labute approximate surface area is 418 Å². The molecule has 4 heterocycles. The van der Waals surface area contributed by atoms with E-state index >= 15 is 0 Å². The SMILES string of the molecule is Cc1ncsc1-c1ccc(CNC(=O)C2C[C@@H](O)CN2C(=O)[C@H](C(C)C)N2Cc3ccccc3C2=O)c(OCCCCOc2ccc(N3C(=S)N(c4ccc(C#N)c(C(F)(F)F)c4)C(=O)C3(C)C)cc2)c1. The van der Waals surface area contributed by atoms with E-state index in [9.17, 15) is 42.7 Å². The van der Waals surface area contributed by atoms with Gasteiger partial charge >= 0.3 is 6.18 Å². The van der Waals surface area contributed by atoms with Crippen LogP contribution in [-0.4, -0.2) is 92.1 Å². The van der Waals surface area contributed by atoms with Crippen LogP contribution < -0.4 is 24.6 Å². The number of aromatic nitrogens is 1. The monoisotopic (exact) mass is 1010 g/mol. The molecule has 3 aliphatic heterocycles. The van der Waals surface area contributed by atoms with Gasteiger partial charge in [-0.2, -0.15) is 18.4 Å². The number of β-amino-alcohol motifs (C(OH)–C–C–N with tert-alkyl or cyclic N) is 1. The maximum Gasteiger partial charge on any atom is 0.417 e. The van der Waals surface area contributed by atoms with Gasteiger partial charge in [0.15, 0.2) is 5.11 Å². The standard InChI is InChI=1S/C52H52F3N7O7S2/c1-30(2)44(60-27-35-10-6-7-11-40(35)47(60)65)48(66)59-28-38(63)24-42(59)46(64)57-26-34-13-12-32(45-31(3)58-29-71-45)22-43(34)69-21-9-8-20-68-39-18-16-36(17-19-39)62-50(70)61(49(67)51(62,4)5)37-15-14-33(25-56)41(23-37)52(53,54)55/h6-7,10-19,22-23,29-30,38,42,44,63H,8-9,20-21,24,26-28H2,1-5H3,(H,57,64)/t38-,42?,44+/m1/s1. The Balaban J connectivity index is 0.877. The number of ether oxygens (including phenoxy) is 2. The molecule has 0 aliphatic carbocycles. The summed E-state index contributed by atoms with van der Waals surface area (Å²) in [6.07, 6.45) is -4.46. The summed E-state index contributed by atoms with van der Waals surface area (Å²) in [7, 11) is 0. The van der Waals surface area contributed by atoms with Gasteiger partial charge in [-0.15, -0.1) is 11.3 Å². The summed E-state index contributed by atoms with van der Waals surface area (Å²) in [5.41, 5.74) is 3.08. The van der Waals surface area contributed by atoms with Gasteiger partial charge in [-0.1, -0.05) is 44.2 Å². The molecule has 4 aromatic carbocycles. The second-order valence-corrected chi connectivity index (χ2v) is 19.8. The molecule has 5 aromatic rings. The van der Waals surface area contributed by atoms with Crippen LogP contribution in [-0.2, 0) is 33.6 Å². The minimum absolute atomic E-state index is 0.0172. The van der Waals surface area contributed by atoms with Gasteiger partial charge in [0.2, 0.25) is 11.8 Å². The average molecular weight is 1010 g/mol. The van der Waals surface area contributed by atoms with Crippen LogP contribution in [0.4, 0.5) is 24.5 Å². The molecule has 2 N–H and O–H groups in total. The lowest BCUT2D eigenvalue weighted by Gasteiger charge is -2.35. The van der Waals surface area contributed by atoms with Gasteiger partial charge in [-0.05, 0) is 117 Å². The predicted octanol–water partition coefficient (Wildman–Crippen LogP) is 8.42. The summed E-state index contributed by atoms with van der Waals surface area (Å²) in [6.45, 7) is 9.90. The molecule has 71 heavy (non-hydrogen) atoms. The summed E-state index contributed by atoms with van der Waals surface area (Å²) >= 11 is 7.17. The summed E-state index contributed by atoms with van der Waals surface area (Å²) in [5.74, 6) is -0.746. The summed E-state index contributed by atoms with van der Waals surface area (Å²) in [5, 5.41) is 23.0. The lowest BCUT2D eigenvalue weighted by Crippen LogP contribution is -2.55. The molecule has 0 spiro atoms. The Kier molecular flexibility index (Phi) is 14.6. The number of nitriles is 1. The number of benzene rings is 4. The smallest absolute Gasteiger partial charge is 0.417 e. The van der Waals surface area contributed by atoms with E-state index in [0.717, 1.165) is 38.7 Å². The number of unbranched alkanes of at least 4 members (excludes halogenated alkanes) is 1. The first-order chi connectivity index (χ1) is 33.8. The van der Waals surface area contributed by atoms with E-state index in [2.05, 4.69) is 10.3 Å². The van der Waals surface area contributed by atoms with E-state index < -0.39 is 52.8 Å². The van der Waals surface area contributed by atoms with Crippen LogP contribution in [0.25, 0.3) is 10.4 Å². The van der Waals surface area contributed by atoms with E-state index in [1.165, 1.54) is 22.3 Å². The van der Waals surface area contributed by atoms with Crippen molar-refractivity contribution in [1.29, 1.82) is 5.26 Å². The zero-order chi connectivity index (χ0) is 50.9. The minimum atomic E-state index is -4.81. The molecular formula is C52H52F3N7O7S2. The number of halogens is 3. The molecule has 3 aliphatic rings. The maximum absolute atomic E-state index is 14.3. The van der Waals surface area contributed by atoms with Crippen LogP contribution in [0.1, 0.15) is 85.3 Å². The Bertz CT molecular complexity index is 2920. The molecular weight excluding hydrogens is 956 g/mol. The predicted molar refractivity (Wildman–Crippen MR) is 265 cm³/mol. The van der Waals surface area contributed by atoms with Crippen molar-refractivity contribution >= 4 is 63.7 Å². The van der Waals surface area contributed by atoms with E-state index in [1.807, 2.05) is 51.1 Å². The fourth-order valence-electron chi connectivity index (χ4n) is 9.34. The Morgan fingerprint density at radius 1 is 1.00 bits per heavy atom. The number of carbonyl (C=O) groups is 4. The van der Waals surface area contributed by atoms with Crippen molar-refractivity contribution in [1.82, 2.24) is 20.1 Å². The molecule has 1 aromatic heterocycles. The molecule has 2 fully saturated rings. The number of rotatable bonds is 16. The molecule has 0 bridgehead atoms. The second-order valence-electron chi connectivity index (χ2n) is 18.5. The fraction of sp³-hybridized carbons (Fsp3) is 0.365. The van der Waals surface area contributed by atoms with Crippen molar-refractivity contribution in [2.24, 2.45) is 5.92 Å². The van der Waals surface area contributed by atoms with Crippen LogP contribution in [0, 0.1) is 24.2 Å². The van der Waals surface area contributed by atoms with Crippen LogP contribution in [0.5, 0.6) is 11.5 Å². The number of nitrogens with one attached hydrogen (secondary N) is 1. The minimum Gasteiger partial charge on any atom is -0.494 e. The normalized spacial score (nSPS) is 18.0. The molecule has 14 nitrogen and oxygen atoms in total. The van der Waals surface area contributed by atoms with E-state index in [1.54, 1.807) is 71.6 Å². The highest BCUT2D eigenvalue weighted by Crippen LogP contribution is 2.40. The number of aliphatic hydroxyl groups is 1. The van der Waals surface area contributed by atoms with Gasteiger partial charge in [-0.25, -0.2) is 4.98 Å². The molecule has 0 radical (unpaired) electrons. The number of hydrogen-bond acceptors (Lipinski definition) is 11. The van der Waals surface area contributed by atoms with Crippen molar-refractivity contribution in [2.75, 3.05) is 29.6 Å². The number of nitrogens with zero attached hydrogens (tertiary/aromatic N) is 6. The Morgan fingerprint density at radius 2 is 1.70 bits per heavy atom. The van der Waals surface area contributed by atoms with Crippen molar-refractivity contribution < 1.29 is 46.9 Å². The first kappa shape index (κ1) is 50.5. The average Bonchev–Trinajstić information content (AvgIpc) is 4.08. The van der Waals surface area contributed by atoms with Gasteiger partial charge in [0.05, 0.1) is 58.3 Å². The Morgan fingerprint density at radius 3 is 2.37 bits per heavy atom. The number of carbonyl (C=O) groups excluding carboxylic acids is 4. The first-order valence-corrected chi connectivity index (χ1v) is 24.4. The largest absolute Gasteiger partial charge is 0.494 e. The van der Waals surface area contributed by atoms with Gasteiger partial charge in [-0.3, -0.25) is 24.1 Å². The van der Waals surface area contributed by atoms with Crippen LogP contribution in [0.2, 0.25) is 0 Å². The quantitative estimate of drug-likeness (QED) is 0.0719. The number of thiocarbonyl (C=S) groups is 1. The van der Waals surface area contributed by atoms with Crippen molar-refractivity contribution in [2.45, 2.75) is 96.9 Å². The van der Waals surface area contributed by atoms with E-state index in [4.69, 9.17) is 21.7 Å². The number of anilines is 2. The fourth-order valence-corrected chi connectivity index (χ4v) is 10.7. The lowest BCUT2D eigenvalue weighted by atomic mass is 10.0. The van der Waals surface area contributed by atoms with Gasteiger partial charge in [0.25, 0.3) is 11.8 Å². The van der Waals surface area contributed by atoms with E-state index in [0.29, 0.717) is 54.4 Å². The van der Waals surface area contributed by atoms with Gasteiger partial charge in [0.1, 0.15) is 29.1 Å². The zero-order valence-electron chi connectivity index (χ0n) is 39.7. The summed E-state index contributed by atoms with van der Waals surface area (Å²) in [4.78, 5) is 66.3. The van der Waals surface area contributed by atoms with Gasteiger partial charge < -0.3 is 34.6 Å². The van der Waals surface area contributed by atoms with Crippen molar-refractivity contribution in [3.8, 4) is 28.0 Å². The molecule has 2 saturated heterocycles. The third-order valence-corrected chi connectivity index (χ3v) is 14.3. The number of hydrogen-bond donors (Lipinski definition) is 2. The van der Waals surface area contributed by atoms with E-state index in [-0.39, 0.29) is 54.6 Å². The number of alkyl halides is 3. The number of aryl methyl sites for hydroxylation is 1. The molecule has 4 amide bonds. The number of fused-ring (bicyclic) bond motifs is 1. The van der Waals surface area contributed by atoms with Gasteiger partial charge in [0, 0.05) is 42.9 Å². The topological polar surface area (TPSA) is 169 Å². The van der Waals surface area contributed by atoms with Crippen molar-refractivity contribution in [3.05, 3.63) is 124 Å².